The van der Waals surface area contributed by atoms with E-state index in [1.807, 2.05) is 24.3 Å². The zero-order chi connectivity index (χ0) is 10.6. The summed E-state index contributed by atoms with van der Waals surface area (Å²) < 4.78 is 0. The maximum atomic E-state index is 4.36. The van der Waals surface area contributed by atoms with Gasteiger partial charge < -0.3 is 0 Å². The second kappa shape index (κ2) is 4.80. The number of aliphatic imine (C=N–C) groups is 1. The fourth-order valence-corrected chi connectivity index (χ4v) is 4.40. The average Bonchev–Trinajstić information content (AvgIpc) is 2.14. The average molecular weight is 223 g/mol. The van der Waals surface area contributed by atoms with Gasteiger partial charge in [0, 0.05) is 12.6 Å². The smallest absolute Gasteiger partial charge is 0.116 e. The van der Waals surface area contributed by atoms with E-state index >= 15 is 0 Å². The Bertz CT molecular complexity index is 314. The third-order valence-corrected chi connectivity index (χ3v) is 5.27. The summed E-state index contributed by atoms with van der Waals surface area (Å²) >= 11 is 1.94. The molecule has 0 fully saturated rings. The highest BCUT2D eigenvalue weighted by Crippen LogP contribution is 2.24. The molecule has 0 radical (unpaired) electrons. The fourth-order valence-electron chi connectivity index (χ4n) is 1.10. The molecule has 0 heterocycles. The summed E-state index contributed by atoms with van der Waals surface area (Å²) in [5.74, 6) is 0. The Morgan fingerprint density at radius 3 is 2.14 bits per heavy atom. The zero-order valence-electron chi connectivity index (χ0n) is 9.24. The van der Waals surface area contributed by atoms with Crippen LogP contribution in [-0.4, -0.2) is 19.3 Å². The molecule has 0 spiro atoms. The molecule has 0 bridgehead atoms. The van der Waals surface area contributed by atoms with Crippen molar-refractivity contribution in [2.24, 2.45) is 4.99 Å². The van der Waals surface area contributed by atoms with Crippen LogP contribution in [0.15, 0.2) is 35.3 Å². The lowest BCUT2D eigenvalue weighted by atomic mass is 10.2. The molecule has 0 N–H and O–H groups in total. The number of nitrogens with zero attached hydrogens (tertiary/aromatic N) is 1. The molecule has 0 aliphatic rings. The van der Waals surface area contributed by atoms with Gasteiger partial charge in [-0.05, 0) is 0 Å². The molecule has 76 valence electrons. The highest BCUT2D eigenvalue weighted by molar-refractivity contribution is 8.39. The van der Waals surface area contributed by atoms with Crippen molar-refractivity contribution in [2.45, 2.75) is 19.6 Å². The van der Waals surface area contributed by atoms with Gasteiger partial charge in [-0.1, -0.05) is 50.0 Å². The highest BCUT2D eigenvalue weighted by atomic mass is 32.4. The predicted molar refractivity (Wildman–Crippen MR) is 69.8 cm³/mol. The van der Waals surface area contributed by atoms with Crippen molar-refractivity contribution >= 4 is 23.5 Å². The summed E-state index contributed by atoms with van der Waals surface area (Å²) in [7, 11) is 0.732. The molecule has 1 rings (SSSR count). The zero-order valence-corrected chi connectivity index (χ0v) is 11.1. The Kier molecular flexibility index (Phi) is 3.95. The van der Waals surface area contributed by atoms with E-state index in [-0.39, 0.29) is 0 Å². The van der Waals surface area contributed by atoms with Gasteiger partial charge in [-0.25, -0.2) is 0 Å². The molecule has 0 aliphatic carbocycles. The summed E-state index contributed by atoms with van der Waals surface area (Å²) in [6.45, 7) is 7.02. The number of hydrogen-bond donors (Lipinski definition) is 0. The largest absolute Gasteiger partial charge is 0.282 e. The van der Waals surface area contributed by atoms with Crippen LogP contribution in [0.2, 0.25) is 19.6 Å². The van der Waals surface area contributed by atoms with Crippen molar-refractivity contribution in [1.82, 2.24) is 0 Å². The van der Waals surface area contributed by atoms with Gasteiger partial charge in [0.15, 0.2) is 0 Å². The topological polar surface area (TPSA) is 12.4 Å². The Morgan fingerprint density at radius 2 is 1.71 bits per heavy atom. The second-order valence-electron chi connectivity index (χ2n) is 4.11. The lowest BCUT2D eigenvalue weighted by molar-refractivity contribution is 1.45. The van der Waals surface area contributed by atoms with Crippen molar-refractivity contribution in [2.75, 3.05) is 7.05 Å². The van der Waals surface area contributed by atoms with E-state index < -0.39 is 7.22 Å². The third-order valence-electron chi connectivity index (χ3n) is 1.63. The van der Waals surface area contributed by atoms with E-state index in [0.29, 0.717) is 0 Å². The van der Waals surface area contributed by atoms with Crippen LogP contribution in [-0.2, 0) is 0 Å². The van der Waals surface area contributed by atoms with Crippen LogP contribution in [0.3, 0.4) is 0 Å². The molecule has 0 saturated carbocycles. The maximum Gasteiger partial charge on any atom is 0.116 e. The van der Waals surface area contributed by atoms with Gasteiger partial charge in [0.1, 0.15) is 7.22 Å². The number of benzene rings is 1. The molecule has 3 heteroatoms. The fraction of sp³-hybridized carbons (Fsp3) is 0.364. The van der Waals surface area contributed by atoms with Gasteiger partial charge in [-0.2, -0.15) is 0 Å². The van der Waals surface area contributed by atoms with Crippen LogP contribution >= 0.6 is 11.2 Å². The molecular weight excluding hydrogens is 206 g/mol. The van der Waals surface area contributed by atoms with Crippen molar-refractivity contribution in [3.05, 3.63) is 35.9 Å². The van der Waals surface area contributed by atoms with Crippen LogP contribution < -0.4 is 0 Å². The highest BCUT2D eigenvalue weighted by Gasteiger charge is 2.18. The number of rotatable bonds is 2. The van der Waals surface area contributed by atoms with Crippen LogP contribution in [0, 0.1) is 0 Å². The molecule has 0 aliphatic heterocycles. The Morgan fingerprint density at radius 1 is 1.14 bits per heavy atom. The van der Waals surface area contributed by atoms with Crippen LogP contribution in [0.25, 0.3) is 0 Å². The van der Waals surface area contributed by atoms with Gasteiger partial charge in [-0.3, -0.25) is 4.99 Å². The lowest BCUT2D eigenvalue weighted by Crippen LogP contribution is -2.18. The molecule has 1 nitrogen and oxygen atoms in total. The first-order valence-corrected chi connectivity index (χ1v) is 9.78. The molecule has 0 aromatic heterocycles. The van der Waals surface area contributed by atoms with Gasteiger partial charge in [0.25, 0.3) is 0 Å². The van der Waals surface area contributed by atoms with Gasteiger partial charge >= 0.3 is 0 Å². The molecule has 0 unspecified atom stereocenters. The van der Waals surface area contributed by atoms with Crippen molar-refractivity contribution in [3.63, 3.8) is 0 Å². The van der Waals surface area contributed by atoms with Gasteiger partial charge in [-0.15, -0.1) is 11.2 Å². The molecular formula is C11H17NSSi. The SMILES string of the molecule is CN=C(S[Si](C)(C)C)c1ccccc1. The van der Waals surface area contributed by atoms with Crippen molar-refractivity contribution in [1.29, 1.82) is 0 Å². The summed E-state index contributed by atoms with van der Waals surface area (Å²) in [6, 6.07) is 10.4. The van der Waals surface area contributed by atoms with E-state index in [9.17, 15) is 0 Å². The van der Waals surface area contributed by atoms with Gasteiger partial charge in [0.05, 0.1) is 5.04 Å². The molecule has 0 amide bonds. The van der Waals surface area contributed by atoms with E-state index in [2.05, 4.69) is 48.9 Å². The maximum absolute atomic E-state index is 4.36. The van der Waals surface area contributed by atoms with Crippen LogP contribution in [0.5, 0.6) is 0 Å². The molecule has 1 aromatic carbocycles. The Labute approximate surface area is 91.3 Å². The van der Waals surface area contributed by atoms with E-state index in [1.165, 1.54) is 10.6 Å². The van der Waals surface area contributed by atoms with E-state index in [0.717, 1.165) is 0 Å². The predicted octanol–water partition coefficient (Wildman–Crippen LogP) is 3.63. The molecule has 14 heavy (non-hydrogen) atoms. The first kappa shape index (κ1) is 11.5. The monoisotopic (exact) mass is 223 g/mol. The third kappa shape index (κ3) is 3.68. The summed E-state index contributed by atoms with van der Waals surface area (Å²) in [6.07, 6.45) is 0. The van der Waals surface area contributed by atoms with E-state index in [4.69, 9.17) is 0 Å². The van der Waals surface area contributed by atoms with Crippen LogP contribution in [0.4, 0.5) is 0 Å². The van der Waals surface area contributed by atoms with Crippen molar-refractivity contribution in [3.8, 4) is 0 Å². The summed E-state index contributed by atoms with van der Waals surface area (Å²) in [4.78, 5) is 4.36. The van der Waals surface area contributed by atoms with Crippen molar-refractivity contribution < 1.29 is 0 Å². The minimum absolute atomic E-state index is 1.14. The molecule has 0 atom stereocenters. The standard InChI is InChI=1S/C11H17NSSi/c1-12-11(13-14(2,3)4)10-8-6-5-7-9-10/h5-9H,1-4H3. The summed E-state index contributed by atoms with van der Waals surface area (Å²) in [5.41, 5.74) is 1.24. The lowest BCUT2D eigenvalue weighted by Gasteiger charge is -2.16. The normalized spacial score (nSPS) is 13.0. The van der Waals surface area contributed by atoms with Gasteiger partial charge in [0.2, 0.25) is 0 Å². The Hall–Kier alpha value is -0.543. The minimum atomic E-state index is -1.14. The van der Waals surface area contributed by atoms with E-state index in [1.54, 1.807) is 0 Å². The number of hydrogen-bond acceptors (Lipinski definition) is 2. The van der Waals surface area contributed by atoms with Crippen LogP contribution in [0.1, 0.15) is 5.56 Å². The minimum Gasteiger partial charge on any atom is -0.282 e. The first-order valence-electron chi connectivity index (χ1n) is 4.74. The first-order chi connectivity index (χ1) is 6.53. The Balaban J connectivity index is 2.85. The molecule has 0 saturated heterocycles. The summed E-state index contributed by atoms with van der Waals surface area (Å²) in [5, 5.41) is 1.17. The molecule has 1 aromatic rings. The quantitative estimate of drug-likeness (QED) is 0.424. The second-order valence-corrected chi connectivity index (χ2v) is 13.2.